The number of ether oxygens (including phenoxy) is 1. The minimum Gasteiger partial charge on any atom is -0.481 e. The molecule has 5 fully saturated rings. The summed E-state index contributed by atoms with van der Waals surface area (Å²) < 4.78 is 6.14. The van der Waals surface area contributed by atoms with Crippen molar-refractivity contribution in [2.24, 2.45) is 67.8 Å². The highest BCUT2D eigenvalue weighted by molar-refractivity contribution is 5.84. The molecular formula is C38H62N2O5. The lowest BCUT2D eigenvalue weighted by Crippen LogP contribution is -2.67. The van der Waals surface area contributed by atoms with Crippen LogP contribution in [0.4, 0.5) is 0 Å². The van der Waals surface area contributed by atoms with E-state index in [-0.39, 0.29) is 45.5 Å². The molecular weight excluding hydrogens is 564 g/mol. The molecule has 5 saturated carbocycles. The van der Waals surface area contributed by atoms with E-state index in [9.17, 15) is 19.5 Å². The first-order valence-corrected chi connectivity index (χ1v) is 17.9. The molecule has 7 heteroatoms. The highest BCUT2D eigenvalue weighted by Crippen LogP contribution is 2.77. The number of carboxylic acid groups (broad SMARTS) is 1. The molecule has 5 aliphatic carbocycles. The molecule has 254 valence electrons. The van der Waals surface area contributed by atoms with E-state index in [1.165, 1.54) is 12.0 Å². The summed E-state index contributed by atoms with van der Waals surface area (Å²) in [6, 6.07) is 0. The van der Waals surface area contributed by atoms with E-state index in [0.29, 0.717) is 42.7 Å². The summed E-state index contributed by atoms with van der Waals surface area (Å²) in [5, 5.41) is 12.8. The van der Waals surface area contributed by atoms with Gasteiger partial charge in [0.2, 0.25) is 5.91 Å². The molecule has 1 amide bonds. The van der Waals surface area contributed by atoms with Gasteiger partial charge >= 0.3 is 11.9 Å². The molecule has 0 aromatic rings. The van der Waals surface area contributed by atoms with Crippen LogP contribution >= 0.6 is 0 Å². The fourth-order valence-corrected chi connectivity index (χ4v) is 12.7. The van der Waals surface area contributed by atoms with Crippen LogP contribution in [-0.2, 0) is 19.1 Å². The molecule has 7 nitrogen and oxygen atoms in total. The van der Waals surface area contributed by atoms with E-state index in [4.69, 9.17) is 10.5 Å². The smallest absolute Gasteiger partial charge is 0.309 e. The van der Waals surface area contributed by atoms with Crippen molar-refractivity contribution in [3.63, 3.8) is 0 Å². The van der Waals surface area contributed by atoms with Gasteiger partial charge in [-0.1, -0.05) is 46.8 Å². The predicted octanol–water partition coefficient (Wildman–Crippen LogP) is 7.13. The van der Waals surface area contributed by atoms with Crippen molar-refractivity contribution in [1.82, 2.24) is 5.32 Å². The largest absolute Gasteiger partial charge is 0.481 e. The summed E-state index contributed by atoms with van der Waals surface area (Å²) in [7, 11) is 0. The number of amides is 1. The van der Waals surface area contributed by atoms with E-state index in [0.717, 1.165) is 57.8 Å². The van der Waals surface area contributed by atoms with Crippen molar-refractivity contribution in [3.05, 3.63) is 12.2 Å². The number of fused-ring (bicyclic) bond motifs is 7. The van der Waals surface area contributed by atoms with Gasteiger partial charge in [0.25, 0.3) is 0 Å². The molecule has 4 N–H and O–H groups in total. The Bertz CT molecular complexity index is 1230. The fraction of sp³-hybridized carbons (Fsp3) is 0.868. The Kier molecular flexibility index (Phi) is 8.70. The number of aliphatic carboxylic acids is 1. The van der Waals surface area contributed by atoms with Crippen LogP contribution in [0.25, 0.3) is 0 Å². The lowest BCUT2D eigenvalue weighted by Gasteiger charge is -2.72. The van der Waals surface area contributed by atoms with Crippen LogP contribution in [0.1, 0.15) is 126 Å². The van der Waals surface area contributed by atoms with Gasteiger partial charge in [0, 0.05) is 18.5 Å². The summed E-state index contributed by atoms with van der Waals surface area (Å²) in [6.07, 6.45) is 10.1. The maximum absolute atomic E-state index is 13.9. The van der Waals surface area contributed by atoms with Crippen LogP contribution in [0, 0.1) is 62.1 Å². The molecule has 10 atom stereocenters. The highest BCUT2D eigenvalue weighted by Gasteiger charge is 2.72. The Balaban J connectivity index is 1.42. The molecule has 0 saturated heterocycles. The number of carbonyl (C=O) groups is 3. The van der Waals surface area contributed by atoms with Gasteiger partial charge < -0.3 is 20.9 Å². The van der Waals surface area contributed by atoms with E-state index in [1.807, 2.05) is 0 Å². The Morgan fingerprint density at radius 1 is 0.911 bits per heavy atom. The SMILES string of the molecule is C=C(C)[C@@H]1CC[C@]2(C(=O)NCCN)CC[C@]3(C)C(CCC4[C@@]5(C)CC[C@H](OC(=O)CC(C)(C)C(=O)O)C(C)(C)C5CC[C@]43C)C12. The van der Waals surface area contributed by atoms with Gasteiger partial charge in [-0.15, -0.1) is 0 Å². The zero-order valence-electron chi connectivity index (χ0n) is 29.5. The van der Waals surface area contributed by atoms with Crippen LogP contribution in [0.2, 0.25) is 0 Å². The molecule has 0 aromatic heterocycles. The van der Waals surface area contributed by atoms with Gasteiger partial charge in [-0.2, -0.15) is 0 Å². The first-order chi connectivity index (χ1) is 20.8. The normalized spacial score (nSPS) is 43.6. The third kappa shape index (κ3) is 5.03. The van der Waals surface area contributed by atoms with Gasteiger partial charge in [0.05, 0.1) is 17.3 Å². The molecule has 5 rings (SSSR count). The molecule has 0 radical (unpaired) electrons. The van der Waals surface area contributed by atoms with Gasteiger partial charge in [0.15, 0.2) is 0 Å². The second kappa shape index (κ2) is 11.4. The molecule has 0 spiro atoms. The molecule has 45 heavy (non-hydrogen) atoms. The molecule has 0 aliphatic heterocycles. The third-order valence-corrected chi connectivity index (χ3v) is 15.3. The highest BCUT2D eigenvalue weighted by atomic mass is 16.5. The Morgan fingerprint density at radius 2 is 1.60 bits per heavy atom. The molecule has 5 aliphatic rings. The van der Waals surface area contributed by atoms with Crippen LogP contribution in [0.3, 0.4) is 0 Å². The molecule has 0 heterocycles. The number of hydrogen-bond donors (Lipinski definition) is 3. The number of esters is 1. The van der Waals surface area contributed by atoms with Gasteiger partial charge in [-0.05, 0) is 131 Å². The second-order valence-corrected chi connectivity index (χ2v) is 18.1. The van der Waals surface area contributed by atoms with Gasteiger partial charge in [-0.25, -0.2) is 0 Å². The minimum atomic E-state index is -1.14. The van der Waals surface area contributed by atoms with Crippen molar-refractivity contribution in [1.29, 1.82) is 0 Å². The van der Waals surface area contributed by atoms with Crippen molar-refractivity contribution in [2.75, 3.05) is 13.1 Å². The van der Waals surface area contributed by atoms with Crippen molar-refractivity contribution >= 4 is 17.8 Å². The summed E-state index contributed by atoms with van der Waals surface area (Å²) in [5.41, 5.74) is 5.82. The lowest BCUT2D eigenvalue weighted by atomic mass is 9.32. The zero-order chi connectivity index (χ0) is 33.4. The predicted molar refractivity (Wildman–Crippen MR) is 177 cm³/mol. The van der Waals surface area contributed by atoms with Crippen molar-refractivity contribution < 1.29 is 24.2 Å². The summed E-state index contributed by atoms with van der Waals surface area (Å²) >= 11 is 0. The second-order valence-electron chi connectivity index (χ2n) is 18.1. The number of carbonyl (C=O) groups excluding carboxylic acids is 2. The number of nitrogens with two attached hydrogens (primary N) is 1. The topological polar surface area (TPSA) is 119 Å². The lowest BCUT2D eigenvalue weighted by molar-refractivity contribution is -0.249. The van der Waals surface area contributed by atoms with E-state index >= 15 is 0 Å². The van der Waals surface area contributed by atoms with Crippen molar-refractivity contribution in [2.45, 2.75) is 132 Å². The summed E-state index contributed by atoms with van der Waals surface area (Å²) in [5.74, 6) is 1.04. The fourth-order valence-electron chi connectivity index (χ4n) is 12.7. The Hall–Kier alpha value is -1.89. The van der Waals surface area contributed by atoms with Gasteiger partial charge in [0.1, 0.15) is 6.10 Å². The maximum atomic E-state index is 13.9. The standard InChI is InChI=1S/C38H62N2O5/c1-23(2)24-12-17-38(31(42)40-21-20-39)19-18-36(8)25(30(24)38)10-11-27-35(7)15-14-28(45-29(41)22-33(3,4)32(43)44)34(5,6)26(35)13-16-37(27,36)9/h24-28,30H,1,10-22,39H2,2-9H3,(H,40,42)(H,43,44)/t24-,25?,26?,27?,28-,30?,35-,36+,37+,38-/m0/s1. The number of nitrogens with one attached hydrogen (secondary N) is 1. The number of carboxylic acids is 1. The molecule has 0 bridgehead atoms. The average molecular weight is 627 g/mol. The van der Waals surface area contributed by atoms with Crippen molar-refractivity contribution in [3.8, 4) is 0 Å². The van der Waals surface area contributed by atoms with E-state index < -0.39 is 17.4 Å². The Morgan fingerprint density at radius 3 is 2.22 bits per heavy atom. The number of rotatable bonds is 8. The zero-order valence-corrected chi connectivity index (χ0v) is 29.5. The number of hydrogen-bond acceptors (Lipinski definition) is 5. The maximum Gasteiger partial charge on any atom is 0.309 e. The van der Waals surface area contributed by atoms with Gasteiger partial charge in [-0.3, -0.25) is 14.4 Å². The summed E-state index contributed by atoms with van der Waals surface area (Å²) in [4.78, 5) is 38.6. The van der Waals surface area contributed by atoms with Crippen LogP contribution < -0.4 is 11.1 Å². The average Bonchev–Trinajstić information content (AvgIpc) is 3.34. The van der Waals surface area contributed by atoms with Crippen LogP contribution in [0.15, 0.2) is 12.2 Å². The molecule has 4 unspecified atom stereocenters. The monoisotopic (exact) mass is 626 g/mol. The Labute approximate surface area is 272 Å². The van der Waals surface area contributed by atoms with Crippen LogP contribution in [0.5, 0.6) is 0 Å². The molecule has 0 aromatic carbocycles. The third-order valence-electron chi connectivity index (χ3n) is 15.3. The van der Waals surface area contributed by atoms with Crippen LogP contribution in [-0.4, -0.2) is 42.1 Å². The quantitative estimate of drug-likeness (QED) is 0.195. The number of allylic oxidation sites excluding steroid dienone is 1. The summed E-state index contributed by atoms with van der Waals surface area (Å²) in [6.45, 7) is 23.1. The minimum absolute atomic E-state index is 0.116. The van der Waals surface area contributed by atoms with E-state index in [2.05, 4.69) is 53.4 Å². The first-order valence-electron chi connectivity index (χ1n) is 17.9. The first kappa shape index (κ1) is 34.4. The van der Waals surface area contributed by atoms with E-state index in [1.54, 1.807) is 13.8 Å².